The third-order valence-electron chi connectivity index (χ3n) is 2.15. The second-order valence-electron chi connectivity index (χ2n) is 3.64. The molecule has 0 fully saturated rings. The smallest absolute Gasteiger partial charge is 0.130 e. The van der Waals surface area contributed by atoms with Gasteiger partial charge in [-0.15, -0.1) is 0 Å². The number of hydrogen-bond acceptors (Lipinski definition) is 2. The van der Waals surface area contributed by atoms with Gasteiger partial charge in [0.2, 0.25) is 0 Å². The zero-order chi connectivity index (χ0) is 11.4. The van der Waals surface area contributed by atoms with Crippen LogP contribution >= 0.6 is 0 Å². The highest BCUT2D eigenvalue weighted by atomic mass is 19.1. The highest BCUT2D eigenvalue weighted by molar-refractivity contribution is 5.21. The molecule has 0 bridgehead atoms. The number of nitrogens with one attached hydrogen (secondary N) is 1. The van der Waals surface area contributed by atoms with Gasteiger partial charge in [0.05, 0.1) is 6.10 Å². The van der Waals surface area contributed by atoms with Crippen LogP contribution in [0, 0.1) is 11.6 Å². The normalized spacial score (nSPS) is 15.0. The van der Waals surface area contributed by atoms with Crippen LogP contribution in [0.4, 0.5) is 8.78 Å². The first-order valence-electron chi connectivity index (χ1n) is 4.87. The molecule has 4 heteroatoms. The minimum Gasteiger partial charge on any atom is -0.392 e. The number of benzene rings is 1. The molecule has 0 spiro atoms. The van der Waals surface area contributed by atoms with Gasteiger partial charge in [0, 0.05) is 24.2 Å². The Morgan fingerprint density at radius 1 is 1.33 bits per heavy atom. The summed E-state index contributed by atoms with van der Waals surface area (Å²) in [7, 11) is 0. The molecule has 0 aliphatic carbocycles. The molecule has 0 saturated carbocycles. The van der Waals surface area contributed by atoms with E-state index in [9.17, 15) is 8.78 Å². The summed E-state index contributed by atoms with van der Waals surface area (Å²) in [5, 5.41) is 12.0. The number of hydrogen-bond donors (Lipinski definition) is 2. The molecule has 0 aromatic heterocycles. The molecule has 1 unspecified atom stereocenters. The molecule has 2 atom stereocenters. The molecule has 1 rings (SSSR count). The first kappa shape index (κ1) is 12.1. The second kappa shape index (κ2) is 5.19. The predicted molar refractivity (Wildman–Crippen MR) is 54.5 cm³/mol. The summed E-state index contributed by atoms with van der Waals surface area (Å²) in [5.74, 6) is -1.15. The summed E-state index contributed by atoms with van der Waals surface area (Å²) in [6.07, 6.45) is -0.490. The molecular formula is C11H15F2NO. The molecule has 0 radical (unpaired) electrons. The maximum atomic E-state index is 13.3. The Bertz CT molecular complexity index is 328. The highest BCUT2D eigenvalue weighted by Gasteiger charge is 2.11. The van der Waals surface area contributed by atoms with Gasteiger partial charge in [-0.3, -0.25) is 0 Å². The lowest BCUT2D eigenvalue weighted by Gasteiger charge is -2.16. The third-order valence-corrected chi connectivity index (χ3v) is 2.15. The third kappa shape index (κ3) is 3.57. The molecule has 2 N–H and O–H groups in total. The maximum absolute atomic E-state index is 13.3. The highest BCUT2D eigenvalue weighted by Crippen LogP contribution is 2.17. The second-order valence-corrected chi connectivity index (χ2v) is 3.64. The quantitative estimate of drug-likeness (QED) is 0.805. The average molecular weight is 215 g/mol. The zero-order valence-corrected chi connectivity index (χ0v) is 8.80. The van der Waals surface area contributed by atoms with Crippen LogP contribution in [0.5, 0.6) is 0 Å². The van der Waals surface area contributed by atoms with Gasteiger partial charge in [-0.05, 0) is 19.9 Å². The van der Waals surface area contributed by atoms with Crippen molar-refractivity contribution in [3.63, 3.8) is 0 Å². The van der Waals surface area contributed by atoms with Gasteiger partial charge in [-0.2, -0.15) is 0 Å². The fraction of sp³-hybridized carbons (Fsp3) is 0.455. The van der Waals surface area contributed by atoms with Crippen molar-refractivity contribution in [1.29, 1.82) is 0 Å². The lowest BCUT2D eigenvalue weighted by Crippen LogP contribution is -2.27. The van der Waals surface area contributed by atoms with Crippen molar-refractivity contribution >= 4 is 0 Å². The summed E-state index contributed by atoms with van der Waals surface area (Å²) >= 11 is 0. The summed E-state index contributed by atoms with van der Waals surface area (Å²) in [5.41, 5.74) is 0.400. The van der Waals surface area contributed by atoms with Crippen LogP contribution in [0.3, 0.4) is 0 Å². The van der Waals surface area contributed by atoms with Gasteiger partial charge in [-0.1, -0.05) is 6.07 Å². The summed E-state index contributed by atoms with van der Waals surface area (Å²) in [6.45, 7) is 3.78. The molecule has 0 heterocycles. The molecule has 15 heavy (non-hydrogen) atoms. The first-order chi connectivity index (χ1) is 7.00. The average Bonchev–Trinajstić information content (AvgIpc) is 2.14. The van der Waals surface area contributed by atoms with E-state index in [2.05, 4.69) is 5.32 Å². The van der Waals surface area contributed by atoms with Crippen LogP contribution in [-0.2, 0) is 0 Å². The Hall–Kier alpha value is -1.00. The predicted octanol–water partition coefficient (Wildman–Crippen LogP) is 2.00. The molecule has 0 saturated heterocycles. The van der Waals surface area contributed by atoms with E-state index in [-0.39, 0.29) is 6.04 Å². The summed E-state index contributed by atoms with van der Waals surface area (Å²) in [4.78, 5) is 0. The molecule has 0 aliphatic rings. The molecule has 0 amide bonds. The van der Waals surface area contributed by atoms with Gasteiger partial charge >= 0.3 is 0 Å². The maximum Gasteiger partial charge on any atom is 0.130 e. The topological polar surface area (TPSA) is 32.3 Å². The zero-order valence-electron chi connectivity index (χ0n) is 8.80. The molecule has 1 aromatic carbocycles. The number of aliphatic hydroxyl groups excluding tert-OH is 1. The monoisotopic (exact) mass is 215 g/mol. The van der Waals surface area contributed by atoms with E-state index in [1.807, 2.05) is 0 Å². The Morgan fingerprint density at radius 2 is 2.00 bits per heavy atom. The summed E-state index contributed by atoms with van der Waals surface area (Å²) < 4.78 is 25.9. The SMILES string of the molecule is CC(NC[C@H](C)O)c1ccc(F)cc1F. The molecule has 0 aliphatic heterocycles. The minimum absolute atomic E-state index is 0.250. The van der Waals surface area contributed by atoms with Crippen molar-refractivity contribution in [3.05, 3.63) is 35.4 Å². The summed E-state index contributed by atoms with van der Waals surface area (Å²) in [6, 6.07) is 3.24. The van der Waals surface area contributed by atoms with Crippen molar-refractivity contribution < 1.29 is 13.9 Å². The Kier molecular flexibility index (Phi) is 4.17. The van der Waals surface area contributed by atoms with E-state index >= 15 is 0 Å². The minimum atomic E-state index is -0.584. The van der Waals surface area contributed by atoms with E-state index in [0.717, 1.165) is 6.07 Å². The lowest BCUT2D eigenvalue weighted by molar-refractivity contribution is 0.187. The molecule has 2 nitrogen and oxygen atoms in total. The van der Waals surface area contributed by atoms with Gasteiger partial charge in [0.25, 0.3) is 0 Å². The van der Waals surface area contributed by atoms with Crippen LogP contribution in [0.25, 0.3) is 0 Å². The first-order valence-corrected chi connectivity index (χ1v) is 4.87. The Labute approximate surface area is 87.9 Å². The Balaban J connectivity index is 2.69. The van der Waals surface area contributed by atoms with E-state index in [1.165, 1.54) is 12.1 Å². The van der Waals surface area contributed by atoms with Crippen molar-refractivity contribution in [1.82, 2.24) is 5.32 Å². The van der Waals surface area contributed by atoms with Crippen molar-refractivity contribution in [3.8, 4) is 0 Å². The van der Waals surface area contributed by atoms with Crippen LogP contribution in [-0.4, -0.2) is 17.8 Å². The van der Waals surface area contributed by atoms with Crippen molar-refractivity contribution in [2.75, 3.05) is 6.54 Å². The fourth-order valence-corrected chi connectivity index (χ4v) is 1.31. The number of aliphatic hydroxyl groups is 1. The molecule has 1 aromatic rings. The van der Waals surface area contributed by atoms with Gasteiger partial charge in [0.15, 0.2) is 0 Å². The van der Waals surface area contributed by atoms with Crippen molar-refractivity contribution in [2.45, 2.75) is 26.0 Å². The number of halogens is 2. The van der Waals surface area contributed by atoms with E-state index in [1.54, 1.807) is 13.8 Å². The fourth-order valence-electron chi connectivity index (χ4n) is 1.31. The van der Waals surface area contributed by atoms with Gasteiger partial charge in [0.1, 0.15) is 11.6 Å². The molecule has 84 valence electrons. The largest absolute Gasteiger partial charge is 0.392 e. The van der Waals surface area contributed by atoms with Crippen LogP contribution in [0.2, 0.25) is 0 Å². The van der Waals surface area contributed by atoms with Crippen LogP contribution in [0.15, 0.2) is 18.2 Å². The lowest BCUT2D eigenvalue weighted by atomic mass is 10.1. The van der Waals surface area contributed by atoms with Crippen LogP contribution in [0.1, 0.15) is 25.5 Å². The van der Waals surface area contributed by atoms with E-state index in [4.69, 9.17) is 5.11 Å². The number of rotatable bonds is 4. The van der Waals surface area contributed by atoms with E-state index in [0.29, 0.717) is 12.1 Å². The van der Waals surface area contributed by atoms with Gasteiger partial charge < -0.3 is 10.4 Å². The van der Waals surface area contributed by atoms with E-state index < -0.39 is 17.7 Å². The Morgan fingerprint density at radius 3 is 2.53 bits per heavy atom. The van der Waals surface area contributed by atoms with Gasteiger partial charge in [-0.25, -0.2) is 8.78 Å². The van der Waals surface area contributed by atoms with Crippen molar-refractivity contribution in [2.24, 2.45) is 0 Å². The van der Waals surface area contributed by atoms with Crippen LogP contribution < -0.4 is 5.32 Å². The molecular weight excluding hydrogens is 200 g/mol. The standard InChI is InChI=1S/C11H15F2NO/c1-7(15)6-14-8(2)10-4-3-9(12)5-11(10)13/h3-5,7-8,14-15H,6H2,1-2H3/t7-,8?/m0/s1.